The van der Waals surface area contributed by atoms with Crippen LogP contribution in [0.15, 0.2) is 24.3 Å². The van der Waals surface area contributed by atoms with E-state index in [2.05, 4.69) is 4.74 Å². The molecule has 1 rings (SSSR count). The molecule has 0 aliphatic rings. The molecule has 0 fully saturated rings. The largest absolute Gasteiger partial charge is 0.468 e. The first-order chi connectivity index (χ1) is 7.54. The minimum Gasteiger partial charge on any atom is -0.468 e. The topological polar surface area (TPSA) is 72.5 Å². The minimum atomic E-state index is -0.908. The molecule has 0 aromatic heterocycles. The minimum absolute atomic E-state index is 0.0400. The number of hydrogen-bond donors (Lipinski definition) is 2. The number of aliphatic hydroxyl groups excluding tert-OH is 1. The number of carbonyl (C=O) groups excluding carboxylic acids is 1. The number of carbonyl (C=O) groups is 1. The monoisotopic (exact) mass is 227 g/mol. The highest BCUT2D eigenvalue weighted by Gasteiger charge is 2.19. The van der Waals surface area contributed by atoms with Gasteiger partial charge in [-0.1, -0.05) is 12.1 Å². The molecule has 4 nitrogen and oxygen atoms in total. The van der Waals surface area contributed by atoms with E-state index in [4.69, 9.17) is 5.73 Å². The van der Waals surface area contributed by atoms with Crippen molar-refractivity contribution >= 4 is 5.97 Å². The smallest absolute Gasteiger partial charge is 0.322 e. The van der Waals surface area contributed by atoms with Crippen LogP contribution in [0.1, 0.15) is 18.1 Å². The molecule has 0 heterocycles. The van der Waals surface area contributed by atoms with Gasteiger partial charge in [-0.2, -0.15) is 0 Å². The van der Waals surface area contributed by atoms with Gasteiger partial charge in [-0.3, -0.25) is 4.79 Å². The number of hydrogen-bond acceptors (Lipinski definition) is 4. The summed E-state index contributed by atoms with van der Waals surface area (Å²) in [5.41, 5.74) is 6.00. The van der Waals surface area contributed by atoms with Gasteiger partial charge in [0.15, 0.2) is 0 Å². The van der Waals surface area contributed by atoms with E-state index < -0.39 is 18.1 Å². The molecule has 0 aliphatic carbocycles. The molecule has 0 radical (unpaired) electrons. The molecule has 0 saturated heterocycles. The summed E-state index contributed by atoms with van der Waals surface area (Å²) in [6, 6.07) is 4.49. The molecule has 5 heteroatoms. The average molecular weight is 227 g/mol. The maximum atomic E-state index is 12.6. The molecule has 2 unspecified atom stereocenters. The first-order valence-electron chi connectivity index (χ1n) is 4.81. The van der Waals surface area contributed by atoms with Crippen molar-refractivity contribution in [3.05, 3.63) is 35.6 Å². The molecular weight excluding hydrogens is 213 g/mol. The first kappa shape index (κ1) is 12.6. The highest BCUT2D eigenvalue weighted by molar-refractivity contribution is 5.75. The Kier molecular flexibility index (Phi) is 4.39. The van der Waals surface area contributed by atoms with Crippen LogP contribution >= 0.6 is 0 Å². The predicted octanol–water partition coefficient (Wildman–Crippen LogP) is 0.750. The van der Waals surface area contributed by atoms with Crippen LogP contribution in [0.25, 0.3) is 0 Å². The van der Waals surface area contributed by atoms with Gasteiger partial charge in [0.05, 0.1) is 13.2 Å². The maximum Gasteiger partial charge on any atom is 0.322 e. The standard InChI is InChI=1S/C11H14FNO3/c1-16-11(15)9(13)6-10(14)7-2-4-8(12)5-3-7/h2-5,9-10,14H,6,13H2,1H3. The number of methoxy groups -OCH3 is 1. The number of ether oxygens (including phenoxy) is 1. The van der Waals surface area contributed by atoms with Crippen molar-refractivity contribution in [3.63, 3.8) is 0 Å². The first-order valence-corrected chi connectivity index (χ1v) is 4.81. The van der Waals surface area contributed by atoms with Crippen molar-refractivity contribution in [3.8, 4) is 0 Å². The third-order valence-electron chi connectivity index (χ3n) is 2.24. The van der Waals surface area contributed by atoms with E-state index in [9.17, 15) is 14.3 Å². The quantitative estimate of drug-likeness (QED) is 0.744. The second kappa shape index (κ2) is 5.58. The van der Waals surface area contributed by atoms with Gasteiger partial charge in [-0.15, -0.1) is 0 Å². The third-order valence-corrected chi connectivity index (χ3v) is 2.24. The molecule has 2 atom stereocenters. The summed E-state index contributed by atoms with van der Waals surface area (Å²) >= 11 is 0. The van der Waals surface area contributed by atoms with E-state index in [0.717, 1.165) is 0 Å². The predicted molar refractivity (Wildman–Crippen MR) is 56.0 cm³/mol. The van der Waals surface area contributed by atoms with Gasteiger partial charge in [-0.05, 0) is 17.7 Å². The summed E-state index contributed by atoms with van der Waals surface area (Å²) in [4.78, 5) is 11.0. The molecule has 0 amide bonds. The zero-order chi connectivity index (χ0) is 12.1. The number of esters is 1. The van der Waals surface area contributed by atoms with Gasteiger partial charge in [0.25, 0.3) is 0 Å². The van der Waals surface area contributed by atoms with Crippen LogP contribution in [0.3, 0.4) is 0 Å². The Morgan fingerprint density at radius 3 is 2.56 bits per heavy atom. The molecule has 1 aromatic rings. The number of aliphatic hydroxyl groups is 1. The summed E-state index contributed by atoms with van der Waals surface area (Å²) in [6.07, 6.45) is -0.868. The number of rotatable bonds is 4. The molecule has 0 spiro atoms. The molecule has 0 aliphatic heterocycles. The number of halogens is 1. The lowest BCUT2D eigenvalue weighted by Crippen LogP contribution is -2.33. The Morgan fingerprint density at radius 2 is 2.06 bits per heavy atom. The van der Waals surface area contributed by atoms with E-state index in [1.54, 1.807) is 0 Å². The molecule has 16 heavy (non-hydrogen) atoms. The summed E-state index contributed by atoms with van der Waals surface area (Å²) in [5, 5.41) is 9.72. The van der Waals surface area contributed by atoms with Gasteiger partial charge in [-0.25, -0.2) is 4.39 Å². The Balaban J connectivity index is 2.61. The number of nitrogens with two attached hydrogens (primary N) is 1. The Hall–Kier alpha value is -1.46. The van der Waals surface area contributed by atoms with Gasteiger partial charge >= 0.3 is 5.97 Å². The van der Waals surface area contributed by atoms with Gasteiger partial charge < -0.3 is 15.6 Å². The van der Waals surface area contributed by atoms with Crippen LogP contribution in [-0.4, -0.2) is 24.2 Å². The lowest BCUT2D eigenvalue weighted by molar-refractivity contribution is -0.142. The highest BCUT2D eigenvalue weighted by atomic mass is 19.1. The van der Waals surface area contributed by atoms with Crippen molar-refractivity contribution in [2.75, 3.05) is 7.11 Å². The fraction of sp³-hybridized carbons (Fsp3) is 0.364. The summed E-state index contributed by atoms with van der Waals surface area (Å²) in [6.45, 7) is 0. The van der Waals surface area contributed by atoms with Crippen molar-refractivity contribution < 1.29 is 19.0 Å². The van der Waals surface area contributed by atoms with E-state index in [1.165, 1.54) is 31.4 Å². The van der Waals surface area contributed by atoms with Crippen molar-refractivity contribution in [1.82, 2.24) is 0 Å². The van der Waals surface area contributed by atoms with E-state index in [-0.39, 0.29) is 12.2 Å². The van der Waals surface area contributed by atoms with Crippen molar-refractivity contribution in [1.29, 1.82) is 0 Å². The van der Waals surface area contributed by atoms with Crippen LogP contribution < -0.4 is 5.73 Å². The lowest BCUT2D eigenvalue weighted by Gasteiger charge is -2.14. The lowest BCUT2D eigenvalue weighted by atomic mass is 10.0. The third kappa shape index (κ3) is 3.29. The molecular formula is C11H14FNO3. The molecule has 3 N–H and O–H groups in total. The van der Waals surface area contributed by atoms with Crippen LogP contribution in [0.5, 0.6) is 0 Å². The van der Waals surface area contributed by atoms with Crippen molar-refractivity contribution in [2.24, 2.45) is 5.73 Å². The zero-order valence-corrected chi connectivity index (χ0v) is 8.89. The second-order valence-corrected chi connectivity index (χ2v) is 3.43. The molecule has 1 aromatic carbocycles. The molecule has 88 valence electrons. The summed E-state index contributed by atoms with van der Waals surface area (Å²) < 4.78 is 17.0. The second-order valence-electron chi connectivity index (χ2n) is 3.43. The maximum absolute atomic E-state index is 12.6. The van der Waals surface area contributed by atoms with Gasteiger partial charge in [0.1, 0.15) is 11.9 Å². The van der Waals surface area contributed by atoms with Crippen LogP contribution in [0.2, 0.25) is 0 Å². The van der Waals surface area contributed by atoms with E-state index in [0.29, 0.717) is 5.56 Å². The molecule has 0 saturated carbocycles. The fourth-order valence-electron chi connectivity index (χ4n) is 1.31. The average Bonchev–Trinajstić information content (AvgIpc) is 2.28. The summed E-state index contributed by atoms with van der Waals surface area (Å²) in [7, 11) is 1.23. The van der Waals surface area contributed by atoms with Crippen LogP contribution in [0.4, 0.5) is 4.39 Å². The Labute approximate surface area is 92.8 Å². The van der Waals surface area contributed by atoms with E-state index >= 15 is 0 Å². The van der Waals surface area contributed by atoms with Crippen LogP contribution in [0, 0.1) is 5.82 Å². The van der Waals surface area contributed by atoms with Gasteiger partial charge in [0, 0.05) is 6.42 Å². The van der Waals surface area contributed by atoms with Crippen LogP contribution in [-0.2, 0) is 9.53 Å². The molecule has 0 bridgehead atoms. The number of benzene rings is 1. The normalized spacial score (nSPS) is 14.2. The summed E-state index contributed by atoms with van der Waals surface area (Å²) in [5.74, 6) is -0.964. The van der Waals surface area contributed by atoms with E-state index in [1.807, 2.05) is 0 Å². The highest BCUT2D eigenvalue weighted by Crippen LogP contribution is 2.18. The Morgan fingerprint density at radius 1 is 1.50 bits per heavy atom. The Bertz CT molecular complexity index is 353. The SMILES string of the molecule is COC(=O)C(N)CC(O)c1ccc(F)cc1. The van der Waals surface area contributed by atoms with Gasteiger partial charge in [0.2, 0.25) is 0 Å². The van der Waals surface area contributed by atoms with Crippen molar-refractivity contribution in [2.45, 2.75) is 18.6 Å². The zero-order valence-electron chi connectivity index (χ0n) is 8.89. The fourth-order valence-corrected chi connectivity index (χ4v) is 1.31.